The fraction of sp³-hybridized carbons (Fsp3) is 0.382. The van der Waals surface area contributed by atoms with E-state index in [1.807, 2.05) is 12.1 Å². The maximum atomic E-state index is 13.8. The molecule has 5 nitrogen and oxygen atoms in total. The van der Waals surface area contributed by atoms with Gasteiger partial charge >= 0.3 is 0 Å². The van der Waals surface area contributed by atoms with E-state index in [2.05, 4.69) is 171 Å². The summed E-state index contributed by atoms with van der Waals surface area (Å²) in [5, 5.41) is 11.0. The second-order valence-corrected chi connectivity index (χ2v) is 20.9. The quantitative estimate of drug-likeness (QED) is 0.0693. The number of nitrogens with one attached hydrogen (secondary N) is 1. The van der Waals surface area contributed by atoms with Gasteiger partial charge in [0.1, 0.15) is 0 Å². The largest absolute Gasteiger partial charge is 0.366 e. The second kappa shape index (κ2) is 15.9. The number of hydrogen-bond donors (Lipinski definition) is 2. The van der Waals surface area contributed by atoms with Crippen LogP contribution in [0.1, 0.15) is 140 Å². The average molecular weight is 800 g/mol. The Labute approximate surface area is 358 Å². The molecule has 0 radical (unpaired) electrons. The van der Waals surface area contributed by atoms with Gasteiger partial charge in [0.2, 0.25) is 5.91 Å². The van der Waals surface area contributed by atoms with Gasteiger partial charge in [-0.25, -0.2) is 0 Å². The van der Waals surface area contributed by atoms with Gasteiger partial charge in [-0.15, -0.1) is 0 Å². The summed E-state index contributed by atoms with van der Waals surface area (Å²) in [6.45, 7) is 26.0. The monoisotopic (exact) mass is 800 g/mol. The second-order valence-electron chi connectivity index (χ2n) is 20.9. The number of primary amides is 1. The number of fused-ring (bicyclic) bond motifs is 2. The zero-order chi connectivity index (χ0) is 43.4. The minimum Gasteiger partial charge on any atom is -0.366 e. The van der Waals surface area contributed by atoms with Crippen LogP contribution < -0.4 is 16.0 Å². The van der Waals surface area contributed by atoms with Crippen molar-refractivity contribution in [3.05, 3.63) is 125 Å². The molecule has 0 aliphatic heterocycles. The van der Waals surface area contributed by atoms with Gasteiger partial charge in [0.05, 0.1) is 5.69 Å². The van der Waals surface area contributed by atoms with E-state index in [4.69, 9.17) is 5.73 Å². The third-order valence-electron chi connectivity index (χ3n) is 12.3. The van der Waals surface area contributed by atoms with Crippen molar-refractivity contribution in [1.29, 1.82) is 0 Å². The Kier molecular flexibility index (Phi) is 11.3. The summed E-state index contributed by atoms with van der Waals surface area (Å²) >= 11 is 0. The molecule has 312 valence electrons. The molecule has 60 heavy (non-hydrogen) atoms. The lowest BCUT2D eigenvalue weighted by molar-refractivity contribution is 0.0954. The van der Waals surface area contributed by atoms with Crippen molar-refractivity contribution in [3.8, 4) is 0 Å². The molecule has 7 rings (SSSR count). The fourth-order valence-electron chi connectivity index (χ4n) is 10.5. The summed E-state index contributed by atoms with van der Waals surface area (Å²) in [6, 6.07) is 37.1. The number of unbranched alkanes of at least 4 members (excludes halogenated alkanes) is 2. The van der Waals surface area contributed by atoms with Crippen molar-refractivity contribution < 1.29 is 9.59 Å². The van der Waals surface area contributed by atoms with E-state index in [1.165, 1.54) is 11.1 Å². The van der Waals surface area contributed by atoms with Crippen molar-refractivity contribution in [2.45, 2.75) is 119 Å². The molecule has 0 unspecified atom stereocenters. The van der Waals surface area contributed by atoms with E-state index in [9.17, 15) is 9.59 Å². The minimum atomic E-state index is -0.547. The molecule has 0 saturated heterocycles. The van der Waals surface area contributed by atoms with E-state index in [-0.39, 0.29) is 27.6 Å². The third kappa shape index (κ3) is 8.33. The first kappa shape index (κ1) is 42.7. The Morgan fingerprint density at radius 2 is 1.00 bits per heavy atom. The molecule has 5 heteroatoms. The number of carbonyl (C=O) groups is 2. The van der Waals surface area contributed by atoms with Gasteiger partial charge < -0.3 is 16.0 Å². The topological polar surface area (TPSA) is 75.4 Å². The Hall–Kier alpha value is -5.42. The lowest BCUT2D eigenvalue weighted by atomic mass is 9.72. The standard InChI is InChI=1S/C55H65N3O2/c1-12-13-14-32-57-51(60)45-29-27-41-39-16-15-17-43-46(31-30-40(47(39)43)42-26-28-44(50(56)59)49(45)48(41)42)58(37-22-18-35(19-23-37)54(8,9)33-52(2,3)4)38-24-20-36(21-25-38)55(10,11)34-53(5,6)7/h15-31H,12-14,32-34H2,1-11H3,(H2,56,59)(H,57,60). The maximum Gasteiger partial charge on any atom is 0.251 e. The van der Waals surface area contributed by atoms with E-state index >= 15 is 0 Å². The summed E-state index contributed by atoms with van der Waals surface area (Å²) < 4.78 is 0. The normalized spacial score (nSPS) is 12.8. The van der Waals surface area contributed by atoms with Crippen molar-refractivity contribution in [1.82, 2.24) is 5.32 Å². The highest BCUT2D eigenvalue weighted by Crippen LogP contribution is 2.48. The van der Waals surface area contributed by atoms with Gasteiger partial charge in [0.15, 0.2) is 0 Å². The van der Waals surface area contributed by atoms with Crippen LogP contribution in [0.4, 0.5) is 17.1 Å². The van der Waals surface area contributed by atoms with Crippen molar-refractivity contribution in [2.24, 2.45) is 16.6 Å². The zero-order valence-corrected chi connectivity index (χ0v) is 37.9. The summed E-state index contributed by atoms with van der Waals surface area (Å²) in [6.07, 6.45) is 5.16. The van der Waals surface area contributed by atoms with E-state index in [0.717, 1.165) is 86.9 Å². The van der Waals surface area contributed by atoms with Crippen LogP contribution in [0.2, 0.25) is 0 Å². The summed E-state index contributed by atoms with van der Waals surface area (Å²) in [7, 11) is 0. The van der Waals surface area contributed by atoms with Crippen LogP contribution in [0.5, 0.6) is 0 Å². The minimum absolute atomic E-state index is 0.0144. The van der Waals surface area contributed by atoms with Crippen LogP contribution in [0.25, 0.3) is 43.1 Å². The number of anilines is 3. The molecule has 0 bridgehead atoms. The molecule has 0 saturated carbocycles. The molecule has 0 atom stereocenters. The van der Waals surface area contributed by atoms with Crippen LogP contribution in [-0.4, -0.2) is 18.4 Å². The molecule has 0 aliphatic carbocycles. The van der Waals surface area contributed by atoms with E-state index in [0.29, 0.717) is 23.1 Å². The molecule has 0 aromatic heterocycles. The number of rotatable bonds is 13. The number of nitrogens with zero attached hydrogens (tertiary/aromatic N) is 1. The van der Waals surface area contributed by atoms with E-state index in [1.54, 1.807) is 6.07 Å². The molecular weight excluding hydrogens is 735 g/mol. The molecule has 7 aromatic rings. The summed E-state index contributed by atoms with van der Waals surface area (Å²) in [5.41, 5.74) is 13.2. The van der Waals surface area contributed by atoms with Crippen molar-refractivity contribution in [2.75, 3.05) is 11.4 Å². The van der Waals surface area contributed by atoms with Crippen LogP contribution in [0, 0.1) is 10.8 Å². The molecule has 0 fully saturated rings. The van der Waals surface area contributed by atoms with Crippen LogP contribution in [0.3, 0.4) is 0 Å². The van der Waals surface area contributed by atoms with E-state index < -0.39 is 5.91 Å². The Bertz CT molecular complexity index is 2600. The molecule has 7 aromatic carbocycles. The lowest BCUT2D eigenvalue weighted by Gasteiger charge is -2.34. The number of benzene rings is 7. The molecule has 2 amide bonds. The third-order valence-corrected chi connectivity index (χ3v) is 12.3. The Balaban J connectivity index is 1.44. The van der Waals surface area contributed by atoms with Gasteiger partial charge in [-0.2, -0.15) is 0 Å². The van der Waals surface area contributed by atoms with Crippen molar-refractivity contribution in [3.63, 3.8) is 0 Å². The first-order valence-corrected chi connectivity index (χ1v) is 22.0. The van der Waals surface area contributed by atoms with Gasteiger partial charge in [0.25, 0.3) is 5.91 Å². The lowest BCUT2D eigenvalue weighted by Crippen LogP contribution is -2.25. The Morgan fingerprint density at radius 1 is 0.533 bits per heavy atom. The predicted octanol–water partition coefficient (Wildman–Crippen LogP) is 14.7. The average Bonchev–Trinajstić information content (AvgIpc) is 3.17. The maximum absolute atomic E-state index is 13.8. The first-order valence-electron chi connectivity index (χ1n) is 22.0. The fourth-order valence-corrected chi connectivity index (χ4v) is 10.5. The number of nitrogens with two attached hydrogens (primary N) is 1. The number of carbonyl (C=O) groups excluding carboxylic acids is 2. The van der Waals surface area contributed by atoms with Crippen LogP contribution in [0.15, 0.2) is 103 Å². The van der Waals surface area contributed by atoms with Gasteiger partial charge in [-0.05, 0) is 127 Å². The summed E-state index contributed by atoms with van der Waals surface area (Å²) in [4.78, 5) is 29.2. The highest BCUT2D eigenvalue weighted by molar-refractivity contribution is 6.37. The first-order chi connectivity index (χ1) is 28.2. The number of hydrogen-bond acceptors (Lipinski definition) is 3. The van der Waals surface area contributed by atoms with Crippen LogP contribution in [-0.2, 0) is 10.8 Å². The Morgan fingerprint density at radius 3 is 1.50 bits per heavy atom. The predicted molar refractivity (Wildman–Crippen MR) is 257 cm³/mol. The van der Waals surface area contributed by atoms with Crippen molar-refractivity contribution >= 4 is 72.0 Å². The van der Waals surface area contributed by atoms with Gasteiger partial charge in [-0.1, -0.05) is 150 Å². The molecule has 0 heterocycles. The highest BCUT2D eigenvalue weighted by atomic mass is 16.2. The highest BCUT2D eigenvalue weighted by Gasteiger charge is 2.30. The molecule has 0 aliphatic rings. The SMILES string of the molecule is CCCCCNC(=O)c1ccc2c3cccc4c(N(c5ccc(C(C)(C)CC(C)(C)C)cc5)c5ccc(C(C)(C)CC(C)(C)C)cc5)ccc(c5ccc(C(N)=O)c1c52)c43. The molecular formula is C55H65N3O2. The zero-order valence-electron chi connectivity index (χ0n) is 37.9. The summed E-state index contributed by atoms with van der Waals surface area (Å²) in [5.74, 6) is -0.734. The van der Waals surface area contributed by atoms with Crippen LogP contribution >= 0.6 is 0 Å². The number of amides is 2. The molecule has 3 N–H and O–H groups in total. The van der Waals surface area contributed by atoms with Gasteiger partial charge in [-0.3, -0.25) is 9.59 Å². The smallest absolute Gasteiger partial charge is 0.251 e. The molecule has 0 spiro atoms. The van der Waals surface area contributed by atoms with Gasteiger partial charge in [0, 0.05) is 39.8 Å².